The van der Waals surface area contributed by atoms with Gasteiger partial charge >= 0.3 is 0 Å². The molecule has 1 heterocycles. The van der Waals surface area contributed by atoms with Gasteiger partial charge in [0, 0.05) is 12.0 Å². The molecule has 0 saturated carbocycles. The van der Waals surface area contributed by atoms with Crippen molar-refractivity contribution in [1.29, 1.82) is 0 Å². The monoisotopic (exact) mass is 205 g/mol. The predicted octanol–water partition coefficient (Wildman–Crippen LogP) is 3.38. The Morgan fingerprint density at radius 1 is 1.40 bits per heavy atom. The molecule has 0 aromatic rings. The summed E-state index contributed by atoms with van der Waals surface area (Å²) >= 11 is 0. The van der Waals surface area contributed by atoms with Gasteiger partial charge in [-0.3, -0.25) is 0 Å². The van der Waals surface area contributed by atoms with Gasteiger partial charge in [-0.25, -0.2) is 0 Å². The van der Waals surface area contributed by atoms with Gasteiger partial charge in [0.2, 0.25) is 0 Å². The molecule has 0 spiro atoms. The first-order valence-electron chi connectivity index (χ1n) is 6.34. The smallest absolute Gasteiger partial charge is 0.00757 e. The van der Waals surface area contributed by atoms with Crippen LogP contribution in [0.4, 0.5) is 0 Å². The lowest BCUT2D eigenvalue weighted by Gasteiger charge is -2.41. The van der Waals surface area contributed by atoms with E-state index in [1.807, 2.05) is 0 Å². The third kappa shape index (κ3) is 2.34. The number of nitrogens with zero attached hydrogens (tertiary/aromatic N) is 1. The molecule has 1 saturated heterocycles. The van der Waals surface area contributed by atoms with Crippen molar-refractivity contribution in [3.05, 3.63) is 23.8 Å². The molecule has 1 heteroatoms. The Morgan fingerprint density at radius 3 is 2.93 bits per heavy atom. The van der Waals surface area contributed by atoms with E-state index < -0.39 is 0 Å². The number of rotatable bonds is 2. The molecule has 0 aromatic heterocycles. The van der Waals surface area contributed by atoms with Crippen molar-refractivity contribution in [3.63, 3.8) is 0 Å². The topological polar surface area (TPSA) is 3.24 Å². The Kier molecular flexibility index (Phi) is 3.30. The van der Waals surface area contributed by atoms with Crippen LogP contribution in [-0.2, 0) is 0 Å². The summed E-state index contributed by atoms with van der Waals surface area (Å²) < 4.78 is 0. The average Bonchev–Trinajstić information content (AvgIpc) is 2.30. The summed E-state index contributed by atoms with van der Waals surface area (Å²) in [6.07, 6.45) is 12.4. The molecule has 0 bridgehead atoms. The first-order valence-corrected chi connectivity index (χ1v) is 6.34. The van der Waals surface area contributed by atoms with E-state index in [0.29, 0.717) is 5.41 Å². The highest BCUT2D eigenvalue weighted by atomic mass is 15.1. The molecule has 0 unspecified atom stereocenters. The largest absolute Gasteiger partial charge is 0.303 e. The van der Waals surface area contributed by atoms with Crippen molar-refractivity contribution >= 4 is 0 Å². The zero-order chi connectivity index (χ0) is 10.7. The van der Waals surface area contributed by atoms with Crippen LogP contribution in [0.15, 0.2) is 23.8 Å². The molecule has 0 amide bonds. The number of hydrogen-bond donors (Lipinski definition) is 0. The van der Waals surface area contributed by atoms with Crippen LogP contribution in [0, 0.1) is 5.41 Å². The summed E-state index contributed by atoms with van der Waals surface area (Å²) in [4.78, 5) is 2.59. The van der Waals surface area contributed by atoms with E-state index in [1.54, 1.807) is 5.57 Å². The molecule has 0 N–H and O–H groups in total. The molecule has 1 aliphatic carbocycles. The summed E-state index contributed by atoms with van der Waals surface area (Å²) in [6, 6.07) is 0. The van der Waals surface area contributed by atoms with Crippen molar-refractivity contribution in [2.24, 2.45) is 5.41 Å². The van der Waals surface area contributed by atoms with E-state index >= 15 is 0 Å². The SMILES string of the molecule is CCN1CCC[C@](C)(C2=CCCC=C2)C1. The fraction of sp³-hybridized carbons (Fsp3) is 0.714. The average molecular weight is 205 g/mol. The van der Waals surface area contributed by atoms with Gasteiger partial charge in [-0.15, -0.1) is 0 Å². The molecule has 15 heavy (non-hydrogen) atoms. The van der Waals surface area contributed by atoms with Gasteiger partial charge in [-0.05, 0) is 44.3 Å². The van der Waals surface area contributed by atoms with E-state index in [2.05, 4.69) is 37.0 Å². The first kappa shape index (κ1) is 10.9. The fourth-order valence-electron chi connectivity index (χ4n) is 2.91. The number of hydrogen-bond acceptors (Lipinski definition) is 1. The molecule has 0 aromatic carbocycles. The normalized spacial score (nSPS) is 32.8. The molecule has 0 radical (unpaired) electrons. The minimum atomic E-state index is 0.422. The van der Waals surface area contributed by atoms with Gasteiger partial charge in [0.05, 0.1) is 0 Å². The van der Waals surface area contributed by atoms with Gasteiger partial charge in [-0.1, -0.05) is 32.1 Å². The van der Waals surface area contributed by atoms with Gasteiger partial charge in [0.1, 0.15) is 0 Å². The quantitative estimate of drug-likeness (QED) is 0.668. The van der Waals surface area contributed by atoms with Gasteiger partial charge in [-0.2, -0.15) is 0 Å². The summed E-state index contributed by atoms with van der Waals surface area (Å²) in [7, 11) is 0. The second-order valence-electron chi connectivity index (χ2n) is 5.17. The molecule has 84 valence electrons. The van der Waals surface area contributed by atoms with Gasteiger partial charge in [0.25, 0.3) is 0 Å². The van der Waals surface area contributed by atoms with Crippen molar-refractivity contribution in [1.82, 2.24) is 4.90 Å². The highest BCUT2D eigenvalue weighted by Gasteiger charge is 2.32. The highest BCUT2D eigenvalue weighted by molar-refractivity contribution is 5.29. The third-order valence-corrected chi connectivity index (χ3v) is 3.91. The van der Waals surface area contributed by atoms with Crippen molar-refractivity contribution < 1.29 is 0 Å². The van der Waals surface area contributed by atoms with Crippen LogP contribution in [0.1, 0.15) is 39.5 Å². The molecule has 1 aliphatic heterocycles. The Morgan fingerprint density at radius 2 is 2.27 bits per heavy atom. The van der Waals surface area contributed by atoms with Crippen molar-refractivity contribution in [3.8, 4) is 0 Å². The van der Waals surface area contributed by atoms with Gasteiger partial charge < -0.3 is 4.90 Å². The number of likely N-dealkylation sites (tertiary alicyclic amines) is 1. The lowest BCUT2D eigenvalue weighted by molar-refractivity contribution is 0.138. The molecule has 1 fully saturated rings. The van der Waals surface area contributed by atoms with Crippen LogP contribution in [0.3, 0.4) is 0 Å². The van der Waals surface area contributed by atoms with Crippen molar-refractivity contribution in [2.45, 2.75) is 39.5 Å². The van der Waals surface area contributed by atoms with Crippen LogP contribution in [-0.4, -0.2) is 24.5 Å². The molecule has 1 atom stereocenters. The molecule has 1 nitrogen and oxygen atoms in total. The highest BCUT2D eigenvalue weighted by Crippen LogP contribution is 2.38. The van der Waals surface area contributed by atoms with E-state index in [9.17, 15) is 0 Å². The lowest BCUT2D eigenvalue weighted by atomic mass is 9.74. The Hall–Kier alpha value is -0.560. The van der Waals surface area contributed by atoms with E-state index in [1.165, 1.54) is 45.3 Å². The predicted molar refractivity (Wildman–Crippen MR) is 65.9 cm³/mol. The van der Waals surface area contributed by atoms with Crippen LogP contribution in [0.5, 0.6) is 0 Å². The standard InChI is InChI=1S/C14H23N/c1-3-15-11-7-10-14(2,12-15)13-8-5-4-6-9-13/h5,8-9H,3-4,6-7,10-12H2,1-2H3/t14-/m0/s1. The van der Waals surface area contributed by atoms with Crippen LogP contribution < -0.4 is 0 Å². The van der Waals surface area contributed by atoms with Crippen molar-refractivity contribution in [2.75, 3.05) is 19.6 Å². The summed E-state index contributed by atoms with van der Waals surface area (Å²) in [5.41, 5.74) is 2.01. The second-order valence-corrected chi connectivity index (χ2v) is 5.17. The van der Waals surface area contributed by atoms with E-state index in [0.717, 1.165) is 0 Å². The van der Waals surface area contributed by atoms with E-state index in [4.69, 9.17) is 0 Å². The summed E-state index contributed by atoms with van der Waals surface area (Å²) in [5, 5.41) is 0. The summed E-state index contributed by atoms with van der Waals surface area (Å²) in [5.74, 6) is 0. The molecule has 2 rings (SSSR count). The Labute approximate surface area is 93.9 Å². The van der Waals surface area contributed by atoms with Crippen LogP contribution in [0.25, 0.3) is 0 Å². The number of piperidine rings is 1. The third-order valence-electron chi connectivity index (χ3n) is 3.91. The minimum absolute atomic E-state index is 0.422. The fourth-order valence-corrected chi connectivity index (χ4v) is 2.91. The second kappa shape index (κ2) is 4.52. The zero-order valence-corrected chi connectivity index (χ0v) is 10.1. The molecular weight excluding hydrogens is 182 g/mol. The molecular formula is C14H23N. The Bertz CT molecular complexity index is 277. The van der Waals surface area contributed by atoms with Gasteiger partial charge in [0.15, 0.2) is 0 Å². The summed E-state index contributed by atoms with van der Waals surface area (Å²) in [6.45, 7) is 8.46. The Balaban J connectivity index is 2.11. The van der Waals surface area contributed by atoms with Crippen LogP contribution >= 0.6 is 0 Å². The first-order chi connectivity index (χ1) is 7.24. The maximum absolute atomic E-state index is 2.59. The van der Waals surface area contributed by atoms with E-state index in [-0.39, 0.29) is 0 Å². The van der Waals surface area contributed by atoms with Crippen LogP contribution in [0.2, 0.25) is 0 Å². The minimum Gasteiger partial charge on any atom is -0.303 e. The number of allylic oxidation sites excluding steroid dienone is 3. The zero-order valence-electron chi connectivity index (χ0n) is 10.1. The maximum Gasteiger partial charge on any atom is 0.00757 e. The molecule has 2 aliphatic rings. The maximum atomic E-state index is 2.59. The lowest BCUT2D eigenvalue weighted by Crippen LogP contribution is -2.42.